The fourth-order valence-corrected chi connectivity index (χ4v) is 4.81. The van der Waals surface area contributed by atoms with Crippen molar-refractivity contribution in [3.8, 4) is 11.5 Å². The van der Waals surface area contributed by atoms with Crippen molar-refractivity contribution in [1.82, 2.24) is 10.2 Å². The smallest absolute Gasteiger partial charge is 0.228 e. The molecular weight excluding hydrogens is 372 g/mol. The fourth-order valence-electron chi connectivity index (χ4n) is 4.81. The van der Waals surface area contributed by atoms with Gasteiger partial charge in [0.15, 0.2) is 11.5 Å². The Balaban J connectivity index is 1.74. The molecule has 1 heterocycles. The second-order valence-corrected chi connectivity index (χ2v) is 7.87. The summed E-state index contributed by atoms with van der Waals surface area (Å²) in [4.78, 5) is 27.8. The van der Waals surface area contributed by atoms with Crippen LogP contribution in [-0.4, -0.2) is 57.2 Å². The molecule has 0 aromatic heterocycles. The predicted molar refractivity (Wildman–Crippen MR) is 109 cm³/mol. The molecule has 0 bridgehead atoms. The number of carbonyl (C=O) groups is 2. The minimum Gasteiger partial charge on any atom is -0.493 e. The summed E-state index contributed by atoms with van der Waals surface area (Å²) in [6.07, 6.45) is 4.81. The normalized spacial score (nSPS) is 24.0. The first kappa shape index (κ1) is 21.4. The Morgan fingerprint density at radius 2 is 1.97 bits per heavy atom. The maximum Gasteiger partial charge on any atom is 0.228 e. The number of methoxy groups -OCH3 is 3. The Morgan fingerprint density at radius 3 is 2.69 bits per heavy atom. The summed E-state index contributed by atoms with van der Waals surface area (Å²) >= 11 is 0. The molecule has 7 nitrogen and oxygen atoms in total. The summed E-state index contributed by atoms with van der Waals surface area (Å²) in [5, 5.41) is 3.13. The van der Waals surface area contributed by atoms with Gasteiger partial charge in [0.1, 0.15) is 0 Å². The molecule has 160 valence electrons. The van der Waals surface area contributed by atoms with E-state index in [1.54, 1.807) is 21.3 Å². The first-order valence-electron chi connectivity index (χ1n) is 10.3. The summed E-state index contributed by atoms with van der Waals surface area (Å²) in [6, 6.07) is 5.60. The summed E-state index contributed by atoms with van der Waals surface area (Å²) in [5.41, 5.74) is 0.444. The molecular formula is C22H32N2O5. The minimum absolute atomic E-state index is 0.0435. The molecule has 0 radical (unpaired) electrons. The highest BCUT2D eigenvalue weighted by molar-refractivity contribution is 5.88. The highest BCUT2D eigenvalue weighted by Crippen LogP contribution is 2.46. The zero-order valence-electron chi connectivity index (χ0n) is 17.7. The molecule has 1 aromatic rings. The number of ether oxygens (including phenoxy) is 3. The minimum atomic E-state index is -0.504. The van der Waals surface area contributed by atoms with Crippen molar-refractivity contribution >= 4 is 11.8 Å². The van der Waals surface area contributed by atoms with E-state index >= 15 is 0 Å². The standard InChI is InChI=1S/C22H32N2O5/c1-27-13-12-24-19-6-4-5-10-22(19,11-9-20(24)25)21(26)23-15-16-7-8-17(28-2)18(14-16)29-3/h7-8,14,19H,4-6,9-13,15H2,1-3H3,(H,23,26)/t19-,22-/m1/s1. The molecule has 29 heavy (non-hydrogen) atoms. The van der Waals surface area contributed by atoms with E-state index < -0.39 is 5.41 Å². The maximum atomic E-state index is 13.4. The maximum absolute atomic E-state index is 13.4. The molecule has 1 saturated carbocycles. The van der Waals surface area contributed by atoms with Crippen LogP contribution in [0.5, 0.6) is 11.5 Å². The molecule has 0 spiro atoms. The summed E-state index contributed by atoms with van der Waals surface area (Å²) in [7, 11) is 4.83. The Kier molecular flexibility index (Phi) is 7.00. The third-order valence-electron chi connectivity index (χ3n) is 6.36. The van der Waals surface area contributed by atoms with Gasteiger partial charge in [-0.3, -0.25) is 9.59 Å². The summed E-state index contributed by atoms with van der Waals surface area (Å²) < 4.78 is 15.8. The number of rotatable bonds is 8. The van der Waals surface area contributed by atoms with Crippen molar-refractivity contribution in [3.05, 3.63) is 23.8 Å². The first-order chi connectivity index (χ1) is 14.1. The number of amides is 2. The quantitative estimate of drug-likeness (QED) is 0.720. The summed E-state index contributed by atoms with van der Waals surface area (Å²) in [5.74, 6) is 1.49. The number of carbonyl (C=O) groups excluding carboxylic acids is 2. The lowest BCUT2D eigenvalue weighted by Crippen LogP contribution is -2.62. The topological polar surface area (TPSA) is 77.1 Å². The van der Waals surface area contributed by atoms with E-state index in [9.17, 15) is 9.59 Å². The molecule has 2 fully saturated rings. The largest absolute Gasteiger partial charge is 0.493 e. The number of nitrogens with one attached hydrogen (secondary N) is 1. The monoisotopic (exact) mass is 404 g/mol. The van der Waals surface area contributed by atoms with Crippen LogP contribution >= 0.6 is 0 Å². The molecule has 0 unspecified atom stereocenters. The van der Waals surface area contributed by atoms with Crippen LogP contribution in [0.25, 0.3) is 0 Å². The Hall–Kier alpha value is -2.28. The Morgan fingerprint density at radius 1 is 1.17 bits per heavy atom. The highest BCUT2D eigenvalue weighted by atomic mass is 16.5. The molecule has 2 aliphatic rings. The van der Waals surface area contributed by atoms with Gasteiger partial charge in [0, 0.05) is 32.7 Å². The lowest BCUT2D eigenvalue weighted by molar-refractivity contribution is -0.156. The first-order valence-corrected chi connectivity index (χ1v) is 10.3. The third-order valence-corrected chi connectivity index (χ3v) is 6.36. The lowest BCUT2D eigenvalue weighted by Gasteiger charge is -2.51. The number of hydrogen-bond acceptors (Lipinski definition) is 5. The van der Waals surface area contributed by atoms with Gasteiger partial charge in [-0.1, -0.05) is 18.9 Å². The molecule has 2 amide bonds. The van der Waals surface area contributed by atoms with Crippen LogP contribution in [0.3, 0.4) is 0 Å². The average Bonchev–Trinajstić information content (AvgIpc) is 2.76. The predicted octanol–water partition coefficient (Wildman–Crippen LogP) is 2.52. The number of piperidine rings is 1. The van der Waals surface area contributed by atoms with E-state index in [1.165, 1.54) is 0 Å². The van der Waals surface area contributed by atoms with Crippen molar-refractivity contribution in [2.45, 2.75) is 51.1 Å². The van der Waals surface area contributed by atoms with Gasteiger partial charge in [-0.25, -0.2) is 0 Å². The van der Waals surface area contributed by atoms with Crippen LogP contribution in [0.15, 0.2) is 18.2 Å². The molecule has 2 atom stereocenters. The van der Waals surface area contributed by atoms with Gasteiger partial charge in [0.25, 0.3) is 0 Å². The fraction of sp³-hybridized carbons (Fsp3) is 0.636. The van der Waals surface area contributed by atoms with Crippen molar-refractivity contribution in [2.75, 3.05) is 34.5 Å². The van der Waals surface area contributed by atoms with Gasteiger partial charge in [0.2, 0.25) is 11.8 Å². The van der Waals surface area contributed by atoms with Crippen molar-refractivity contribution in [3.63, 3.8) is 0 Å². The molecule has 7 heteroatoms. The van der Waals surface area contributed by atoms with Gasteiger partial charge in [0.05, 0.1) is 26.2 Å². The molecule has 1 aromatic carbocycles. The molecule has 1 N–H and O–H groups in total. The SMILES string of the molecule is COCCN1C(=O)CC[C@]2(C(=O)NCc3ccc(OC)c(OC)c3)CCCC[C@@H]12. The molecule has 1 saturated heterocycles. The van der Waals surface area contributed by atoms with E-state index in [2.05, 4.69) is 5.32 Å². The lowest BCUT2D eigenvalue weighted by atomic mass is 9.64. The van der Waals surface area contributed by atoms with Crippen molar-refractivity contribution in [1.29, 1.82) is 0 Å². The second kappa shape index (κ2) is 9.48. The van der Waals surface area contributed by atoms with Crippen LogP contribution < -0.4 is 14.8 Å². The second-order valence-electron chi connectivity index (χ2n) is 7.87. The van der Waals surface area contributed by atoms with Gasteiger partial charge in [-0.05, 0) is 37.0 Å². The number of fused-ring (bicyclic) bond motifs is 1. The van der Waals surface area contributed by atoms with E-state index in [0.29, 0.717) is 44.0 Å². The van der Waals surface area contributed by atoms with E-state index in [4.69, 9.17) is 14.2 Å². The van der Waals surface area contributed by atoms with Crippen LogP contribution in [0.1, 0.15) is 44.1 Å². The average molecular weight is 405 g/mol. The molecule has 1 aliphatic heterocycles. The molecule has 1 aliphatic carbocycles. The van der Waals surface area contributed by atoms with Crippen LogP contribution in [-0.2, 0) is 20.9 Å². The zero-order chi connectivity index (χ0) is 20.9. The van der Waals surface area contributed by atoms with E-state index in [-0.39, 0.29) is 17.9 Å². The number of likely N-dealkylation sites (tertiary alicyclic amines) is 1. The number of hydrogen-bond donors (Lipinski definition) is 1. The highest BCUT2D eigenvalue weighted by Gasteiger charge is 2.52. The van der Waals surface area contributed by atoms with E-state index in [0.717, 1.165) is 31.2 Å². The van der Waals surface area contributed by atoms with Crippen LogP contribution in [0, 0.1) is 5.41 Å². The van der Waals surface area contributed by atoms with Gasteiger partial charge >= 0.3 is 0 Å². The summed E-state index contributed by atoms with van der Waals surface area (Å²) in [6.45, 7) is 1.45. The number of benzene rings is 1. The number of nitrogens with zero attached hydrogens (tertiary/aromatic N) is 1. The zero-order valence-corrected chi connectivity index (χ0v) is 17.7. The Bertz CT molecular complexity index is 738. The third kappa shape index (κ3) is 4.34. The van der Waals surface area contributed by atoms with Crippen molar-refractivity contribution < 1.29 is 23.8 Å². The van der Waals surface area contributed by atoms with E-state index in [1.807, 2.05) is 23.1 Å². The van der Waals surface area contributed by atoms with Gasteiger partial charge in [-0.2, -0.15) is 0 Å². The Labute approximate surface area is 172 Å². The van der Waals surface area contributed by atoms with Crippen LogP contribution in [0.4, 0.5) is 0 Å². The van der Waals surface area contributed by atoms with Gasteiger partial charge < -0.3 is 24.4 Å². The van der Waals surface area contributed by atoms with Gasteiger partial charge in [-0.15, -0.1) is 0 Å². The molecule has 3 rings (SSSR count). The van der Waals surface area contributed by atoms with Crippen molar-refractivity contribution in [2.24, 2.45) is 5.41 Å². The van der Waals surface area contributed by atoms with Crippen LogP contribution in [0.2, 0.25) is 0 Å².